The van der Waals surface area contributed by atoms with Gasteiger partial charge in [0, 0.05) is 23.6 Å². The average molecular weight is 518 g/mol. The Kier molecular flexibility index (Phi) is 5.41. The molecule has 2 aromatic rings. The molecule has 0 unspecified atom stereocenters. The first-order chi connectivity index (χ1) is 17.5. The van der Waals surface area contributed by atoms with Crippen LogP contribution in [0.3, 0.4) is 0 Å². The van der Waals surface area contributed by atoms with Crippen molar-refractivity contribution in [1.29, 1.82) is 0 Å². The van der Waals surface area contributed by atoms with E-state index in [-0.39, 0.29) is 16.7 Å². The average Bonchev–Trinajstić information content (AvgIpc) is 3.39. The number of aromatic amines is 1. The lowest BCUT2D eigenvalue weighted by Crippen LogP contribution is -2.22. The molecule has 14 heteroatoms. The monoisotopic (exact) mass is 518 g/mol. The van der Waals surface area contributed by atoms with Crippen molar-refractivity contribution in [3.63, 3.8) is 0 Å². The summed E-state index contributed by atoms with van der Waals surface area (Å²) in [6.45, 7) is 0. The zero-order valence-corrected chi connectivity index (χ0v) is 18.1. The topological polar surface area (TPSA) is 97.6 Å². The maximum atomic E-state index is 14.3. The van der Waals surface area contributed by atoms with Crippen LogP contribution in [0.4, 0.5) is 32.0 Å². The standard InChI is InChI=1S/C23H12F6N6O2/c24-22(25,26)17-9-12(6-7-30-17)32-21(37)14-10-31-35(20(14)23(27,28)29)16-5-1-4-15-19-13(16)3-2-8-34(19)18(11-36)33-15/h1-10,33H,(H,30,32,37). The van der Waals surface area contributed by atoms with Crippen LogP contribution in [0.5, 0.6) is 0 Å². The summed E-state index contributed by atoms with van der Waals surface area (Å²) in [6, 6.07) is 8.85. The summed E-state index contributed by atoms with van der Waals surface area (Å²) in [4.78, 5) is 30.1. The third kappa shape index (κ3) is 4.12. The van der Waals surface area contributed by atoms with Gasteiger partial charge in [0.05, 0.1) is 28.5 Å². The summed E-state index contributed by atoms with van der Waals surface area (Å²) >= 11 is 0. The molecule has 0 saturated carbocycles. The maximum absolute atomic E-state index is 14.3. The molecule has 4 heterocycles. The molecule has 0 aromatic carbocycles. The summed E-state index contributed by atoms with van der Waals surface area (Å²) in [6.07, 6.45) is -6.94. The molecule has 0 atom stereocenters. The van der Waals surface area contributed by atoms with Gasteiger partial charge in [0.25, 0.3) is 5.91 Å². The van der Waals surface area contributed by atoms with Crippen LogP contribution in [0.15, 0.2) is 61.1 Å². The number of alkyl halides is 6. The summed E-state index contributed by atoms with van der Waals surface area (Å²) in [5.74, 6) is 0.396. The molecule has 0 spiro atoms. The van der Waals surface area contributed by atoms with Gasteiger partial charge < -0.3 is 10.3 Å². The number of hydrogen-bond acceptors (Lipinski definition) is 4. The largest absolute Gasteiger partial charge is 0.434 e. The Labute approximate surface area is 201 Å². The third-order valence-corrected chi connectivity index (χ3v) is 5.45. The van der Waals surface area contributed by atoms with Gasteiger partial charge in [-0.15, -0.1) is 0 Å². The summed E-state index contributed by atoms with van der Waals surface area (Å²) in [5.41, 5.74) is -3.50. The number of carbonyl (C=O) groups excluding carboxylic acids is 2. The Balaban J connectivity index is 1.63. The SMILES string of the molecule is O=C=c1[nH]c2cccc(-n3ncc(C(=O)Nc4ccnc(C(F)(F)F)c4)c3C(F)(F)F)c3cccn1C=23. The smallest absolute Gasteiger partial charge is 0.330 e. The number of rotatable bonds is 3. The van der Waals surface area contributed by atoms with Gasteiger partial charge in [-0.3, -0.25) is 14.3 Å². The van der Waals surface area contributed by atoms with Gasteiger partial charge in [-0.1, -0.05) is 6.07 Å². The summed E-state index contributed by atoms with van der Waals surface area (Å²) in [5, 5.41) is 6.27. The van der Waals surface area contributed by atoms with Gasteiger partial charge in [-0.05, 0) is 36.4 Å². The lowest BCUT2D eigenvalue weighted by molar-refractivity contribution is -0.143. The molecule has 8 nitrogen and oxygen atoms in total. The molecule has 1 aliphatic carbocycles. The van der Waals surface area contributed by atoms with E-state index < -0.39 is 40.9 Å². The first-order valence-electron chi connectivity index (χ1n) is 10.3. The number of nitrogens with zero attached hydrogens (tertiary/aromatic N) is 4. The second-order valence-corrected chi connectivity index (χ2v) is 7.74. The fraction of sp³-hybridized carbons (Fsp3) is 0.0870. The van der Waals surface area contributed by atoms with Crippen molar-refractivity contribution in [1.82, 2.24) is 24.3 Å². The van der Waals surface area contributed by atoms with Crippen molar-refractivity contribution >= 4 is 23.2 Å². The zero-order chi connectivity index (χ0) is 26.5. The molecule has 0 bridgehead atoms. The Bertz CT molecular complexity index is 1720. The Morgan fingerprint density at radius 3 is 2.51 bits per heavy atom. The molecule has 3 aliphatic rings. The van der Waals surface area contributed by atoms with Crippen molar-refractivity contribution in [3.8, 4) is 5.69 Å². The molecule has 1 amide bonds. The molecular formula is C23H12F6N6O2. The van der Waals surface area contributed by atoms with Gasteiger partial charge in [-0.25, -0.2) is 9.48 Å². The molecule has 0 fully saturated rings. The van der Waals surface area contributed by atoms with Gasteiger partial charge >= 0.3 is 12.4 Å². The highest BCUT2D eigenvalue weighted by molar-refractivity contribution is 6.05. The maximum Gasteiger partial charge on any atom is 0.434 e. The highest BCUT2D eigenvalue weighted by Crippen LogP contribution is 2.36. The van der Waals surface area contributed by atoms with Gasteiger partial charge in [0.2, 0.25) is 5.48 Å². The van der Waals surface area contributed by atoms with Crippen LogP contribution in [0.2, 0.25) is 0 Å². The predicted molar refractivity (Wildman–Crippen MR) is 115 cm³/mol. The molecule has 0 radical (unpaired) electrons. The van der Waals surface area contributed by atoms with E-state index in [1.54, 1.807) is 12.0 Å². The van der Waals surface area contributed by atoms with E-state index in [4.69, 9.17) is 0 Å². The fourth-order valence-electron chi connectivity index (χ4n) is 3.96. The molecular weight excluding hydrogens is 506 g/mol. The lowest BCUT2D eigenvalue weighted by Gasteiger charge is -2.16. The lowest BCUT2D eigenvalue weighted by atomic mass is 10.1. The van der Waals surface area contributed by atoms with Crippen LogP contribution in [-0.4, -0.2) is 36.2 Å². The number of carbonyl (C=O) groups is 1. The van der Waals surface area contributed by atoms with Crippen molar-refractivity contribution in [2.45, 2.75) is 12.4 Å². The normalized spacial score (nSPS) is 12.6. The molecule has 0 saturated heterocycles. The van der Waals surface area contributed by atoms with Gasteiger partial charge in [0.15, 0.2) is 11.6 Å². The van der Waals surface area contributed by atoms with E-state index in [1.807, 2.05) is 5.32 Å². The van der Waals surface area contributed by atoms with Crippen LogP contribution in [-0.2, 0) is 17.1 Å². The molecule has 2 N–H and O–H groups in total. The highest BCUT2D eigenvalue weighted by Gasteiger charge is 2.41. The molecule has 188 valence electrons. The van der Waals surface area contributed by atoms with Crippen molar-refractivity contribution in [2.75, 3.05) is 5.32 Å². The number of pyridine rings is 1. The molecule has 37 heavy (non-hydrogen) atoms. The second-order valence-electron chi connectivity index (χ2n) is 7.74. The van der Waals surface area contributed by atoms with Crippen molar-refractivity contribution < 1.29 is 35.9 Å². The minimum atomic E-state index is -5.08. The zero-order valence-electron chi connectivity index (χ0n) is 18.1. The van der Waals surface area contributed by atoms with Crippen LogP contribution >= 0.6 is 0 Å². The number of halogens is 6. The van der Waals surface area contributed by atoms with Crippen molar-refractivity contribution in [3.05, 3.63) is 94.4 Å². The minimum Gasteiger partial charge on any atom is -0.330 e. The first kappa shape index (κ1) is 23.9. The van der Waals surface area contributed by atoms with Gasteiger partial charge in [0.1, 0.15) is 5.69 Å². The second kappa shape index (κ2) is 8.38. The van der Waals surface area contributed by atoms with Crippen LogP contribution in [0, 0.1) is 0 Å². The van der Waals surface area contributed by atoms with E-state index in [1.165, 1.54) is 35.0 Å². The predicted octanol–water partition coefficient (Wildman–Crippen LogP) is 2.77. The molecule has 2 aromatic heterocycles. The van der Waals surface area contributed by atoms with E-state index in [2.05, 4.69) is 15.1 Å². The van der Waals surface area contributed by atoms with Crippen LogP contribution in [0.1, 0.15) is 27.3 Å². The van der Waals surface area contributed by atoms with Crippen LogP contribution < -0.4 is 16.1 Å². The number of aromatic nitrogens is 5. The van der Waals surface area contributed by atoms with Gasteiger partial charge in [-0.2, -0.15) is 31.4 Å². The Morgan fingerprint density at radius 2 is 1.81 bits per heavy atom. The summed E-state index contributed by atoms with van der Waals surface area (Å²) in [7, 11) is 0. The van der Waals surface area contributed by atoms with E-state index in [9.17, 15) is 35.9 Å². The number of anilines is 1. The molecule has 2 aliphatic heterocycles. The molecule has 5 rings (SSSR count). The first-order valence-corrected chi connectivity index (χ1v) is 10.3. The van der Waals surface area contributed by atoms with Crippen LogP contribution in [0.25, 0.3) is 11.4 Å². The fourth-order valence-corrected chi connectivity index (χ4v) is 3.96. The quantitative estimate of drug-likeness (QED) is 0.359. The number of nitrogens with one attached hydrogen (secondary N) is 2. The summed E-state index contributed by atoms with van der Waals surface area (Å²) < 4.78 is 83.5. The van der Waals surface area contributed by atoms with Crippen molar-refractivity contribution in [2.24, 2.45) is 0 Å². The number of amides is 1. The van der Waals surface area contributed by atoms with E-state index >= 15 is 0 Å². The Morgan fingerprint density at radius 1 is 1.03 bits per heavy atom. The third-order valence-electron chi connectivity index (χ3n) is 5.45. The Hall–Kier alpha value is -4.84. The highest BCUT2D eigenvalue weighted by atomic mass is 19.4. The van der Waals surface area contributed by atoms with E-state index in [0.29, 0.717) is 28.0 Å². The number of H-pyrrole nitrogens is 1. The van der Waals surface area contributed by atoms with E-state index in [0.717, 1.165) is 12.3 Å². The number of hydrogen-bond donors (Lipinski definition) is 2. The minimum absolute atomic E-state index is 0.0323.